The lowest BCUT2D eigenvalue weighted by Gasteiger charge is -2.34. The highest BCUT2D eigenvalue weighted by atomic mass is 32.1. The number of aliphatic imine (C=N–C) groups is 1. The van der Waals surface area contributed by atoms with E-state index in [0.717, 1.165) is 26.7 Å². The van der Waals surface area contributed by atoms with Crippen molar-refractivity contribution in [2.24, 2.45) is 4.99 Å². The summed E-state index contributed by atoms with van der Waals surface area (Å²) in [7, 11) is 0. The average Bonchev–Trinajstić information content (AvgIpc) is 3.37. The maximum Gasteiger partial charge on any atom is 0.237 e. The SMILES string of the molecule is CCC1(c2ccc(N=Cc3c(O)[nH]c4ccc5ncsc5c34)cc2)CCC(=O)NC1=O. The molecule has 156 valence electrons. The zero-order valence-electron chi connectivity index (χ0n) is 16.8. The van der Waals surface area contributed by atoms with Crippen molar-refractivity contribution in [3.05, 3.63) is 53.0 Å². The lowest BCUT2D eigenvalue weighted by Crippen LogP contribution is -2.51. The van der Waals surface area contributed by atoms with Gasteiger partial charge in [0.25, 0.3) is 0 Å². The van der Waals surface area contributed by atoms with E-state index in [1.807, 2.05) is 43.3 Å². The Balaban J connectivity index is 1.48. The first-order valence-corrected chi connectivity index (χ1v) is 11.0. The van der Waals surface area contributed by atoms with Crippen molar-refractivity contribution >= 4 is 56.2 Å². The molecule has 31 heavy (non-hydrogen) atoms. The van der Waals surface area contributed by atoms with E-state index in [9.17, 15) is 14.7 Å². The molecule has 1 saturated heterocycles. The zero-order valence-corrected chi connectivity index (χ0v) is 17.6. The molecule has 1 aliphatic rings. The number of nitrogens with one attached hydrogen (secondary N) is 2. The molecule has 2 amide bonds. The highest BCUT2D eigenvalue weighted by molar-refractivity contribution is 7.17. The minimum atomic E-state index is -0.691. The van der Waals surface area contributed by atoms with Crippen LogP contribution in [-0.4, -0.2) is 33.1 Å². The molecule has 3 heterocycles. The van der Waals surface area contributed by atoms with Gasteiger partial charge in [-0.25, -0.2) is 4.98 Å². The van der Waals surface area contributed by atoms with E-state index >= 15 is 0 Å². The third kappa shape index (κ3) is 3.11. The quantitative estimate of drug-likeness (QED) is 0.330. The van der Waals surface area contributed by atoms with Gasteiger partial charge < -0.3 is 10.1 Å². The van der Waals surface area contributed by atoms with E-state index in [2.05, 4.69) is 20.3 Å². The van der Waals surface area contributed by atoms with E-state index in [0.29, 0.717) is 30.5 Å². The summed E-state index contributed by atoms with van der Waals surface area (Å²) < 4.78 is 0.994. The Morgan fingerprint density at radius 1 is 1.23 bits per heavy atom. The van der Waals surface area contributed by atoms with Gasteiger partial charge in [0.2, 0.25) is 11.8 Å². The third-order valence-corrected chi connectivity index (χ3v) is 6.97. The number of thiazole rings is 1. The Kier molecular flexibility index (Phi) is 4.59. The topological polar surface area (TPSA) is 107 Å². The Hall–Kier alpha value is -3.52. The Bertz CT molecular complexity index is 1350. The molecular formula is C23H20N4O3S. The molecule has 1 fully saturated rings. The van der Waals surface area contributed by atoms with Crippen LogP contribution in [-0.2, 0) is 15.0 Å². The predicted molar refractivity (Wildman–Crippen MR) is 121 cm³/mol. The van der Waals surface area contributed by atoms with Crippen LogP contribution in [0.25, 0.3) is 21.1 Å². The highest BCUT2D eigenvalue weighted by Gasteiger charge is 2.42. The van der Waals surface area contributed by atoms with Crippen LogP contribution in [0.15, 0.2) is 46.9 Å². The molecule has 0 aliphatic carbocycles. The normalized spacial score (nSPS) is 19.5. The summed E-state index contributed by atoms with van der Waals surface area (Å²) in [5.74, 6) is -0.395. The number of hydrogen-bond donors (Lipinski definition) is 3. The number of hydrogen-bond acceptors (Lipinski definition) is 6. The largest absolute Gasteiger partial charge is 0.494 e. The lowest BCUT2D eigenvalue weighted by atomic mass is 9.72. The van der Waals surface area contributed by atoms with Gasteiger partial charge >= 0.3 is 0 Å². The maximum absolute atomic E-state index is 12.6. The van der Waals surface area contributed by atoms with Crippen LogP contribution in [0.5, 0.6) is 5.88 Å². The molecule has 7 nitrogen and oxygen atoms in total. The second-order valence-corrected chi connectivity index (χ2v) is 8.55. The lowest BCUT2D eigenvalue weighted by molar-refractivity contribution is -0.138. The number of aromatic amines is 1. The molecule has 3 N–H and O–H groups in total. The van der Waals surface area contributed by atoms with Crippen LogP contribution in [0.1, 0.15) is 37.3 Å². The van der Waals surface area contributed by atoms with Crippen molar-refractivity contribution in [3.63, 3.8) is 0 Å². The molecule has 2 aromatic carbocycles. The van der Waals surface area contributed by atoms with Crippen LogP contribution >= 0.6 is 11.3 Å². The van der Waals surface area contributed by atoms with Crippen LogP contribution in [0.3, 0.4) is 0 Å². The predicted octanol–water partition coefficient (Wildman–Crippen LogP) is 4.32. The zero-order chi connectivity index (χ0) is 21.6. The molecule has 1 unspecified atom stereocenters. The fourth-order valence-corrected chi connectivity index (χ4v) is 5.16. The smallest absolute Gasteiger partial charge is 0.237 e. The number of imide groups is 1. The fourth-order valence-electron chi connectivity index (χ4n) is 4.31. The van der Waals surface area contributed by atoms with Crippen molar-refractivity contribution in [2.45, 2.75) is 31.6 Å². The number of benzene rings is 2. The molecule has 0 saturated carbocycles. The Morgan fingerprint density at radius 3 is 2.77 bits per heavy atom. The van der Waals surface area contributed by atoms with Crippen molar-refractivity contribution in [1.82, 2.24) is 15.3 Å². The summed E-state index contributed by atoms with van der Waals surface area (Å²) in [5, 5.41) is 13.8. The Labute approximate surface area is 181 Å². The minimum Gasteiger partial charge on any atom is -0.494 e. The van der Waals surface area contributed by atoms with E-state index in [-0.39, 0.29) is 17.7 Å². The van der Waals surface area contributed by atoms with Crippen molar-refractivity contribution in [2.75, 3.05) is 0 Å². The summed E-state index contributed by atoms with van der Waals surface area (Å²) in [6.45, 7) is 1.96. The number of nitrogens with zero attached hydrogens (tertiary/aromatic N) is 2. The van der Waals surface area contributed by atoms with Gasteiger partial charge in [0.05, 0.1) is 37.9 Å². The molecule has 2 aromatic heterocycles. The summed E-state index contributed by atoms with van der Waals surface area (Å²) in [5.41, 5.74) is 4.99. The van der Waals surface area contributed by atoms with Crippen LogP contribution in [0, 0.1) is 0 Å². The monoisotopic (exact) mass is 432 g/mol. The summed E-state index contributed by atoms with van der Waals surface area (Å²) in [6, 6.07) is 11.3. The third-order valence-electron chi connectivity index (χ3n) is 6.11. The molecule has 1 aliphatic heterocycles. The summed E-state index contributed by atoms with van der Waals surface area (Å²) >= 11 is 1.52. The highest BCUT2D eigenvalue weighted by Crippen LogP contribution is 2.37. The van der Waals surface area contributed by atoms with Crippen molar-refractivity contribution in [1.29, 1.82) is 0 Å². The molecular weight excluding hydrogens is 412 g/mol. The van der Waals surface area contributed by atoms with E-state index in [1.165, 1.54) is 11.3 Å². The van der Waals surface area contributed by atoms with Gasteiger partial charge in [-0.2, -0.15) is 0 Å². The number of rotatable bonds is 4. The molecule has 5 rings (SSSR count). The first kappa shape index (κ1) is 19.4. The van der Waals surface area contributed by atoms with Gasteiger partial charge in [0.15, 0.2) is 5.88 Å². The molecule has 0 bridgehead atoms. The maximum atomic E-state index is 12.6. The van der Waals surface area contributed by atoms with Gasteiger partial charge in [-0.15, -0.1) is 11.3 Å². The number of piperidine rings is 1. The van der Waals surface area contributed by atoms with Gasteiger partial charge in [0.1, 0.15) is 0 Å². The number of H-pyrrole nitrogens is 1. The average molecular weight is 433 g/mol. The number of carbonyl (C=O) groups excluding carboxylic acids is 2. The first-order chi connectivity index (χ1) is 15.0. The fraction of sp³-hybridized carbons (Fsp3) is 0.217. The minimum absolute atomic E-state index is 0.0600. The molecule has 1 atom stereocenters. The molecule has 0 radical (unpaired) electrons. The van der Waals surface area contributed by atoms with Gasteiger partial charge in [-0.05, 0) is 42.7 Å². The second kappa shape index (κ2) is 7.31. The van der Waals surface area contributed by atoms with Crippen LogP contribution in [0.2, 0.25) is 0 Å². The second-order valence-electron chi connectivity index (χ2n) is 7.69. The van der Waals surface area contributed by atoms with E-state index < -0.39 is 5.41 Å². The molecule has 4 aromatic rings. The number of aromatic nitrogens is 2. The van der Waals surface area contributed by atoms with Crippen molar-refractivity contribution < 1.29 is 14.7 Å². The molecule has 0 spiro atoms. The van der Waals surface area contributed by atoms with Gasteiger partial charge in [-0.3, -0.25) is 19.9 Å². The standard InChI is InChI=1S/C23H20N4O3S/c1-2-23(10-9-18(28)27-22(23)30)13-3-5-14(6-4-13)24-11-15-19-16(26-21(15)29)7-8-17-20(19)31-12-25-17/h3-8,11-12,26,29H,2,9-10H2,1H3,(H,27,28,30). The van der Waals surface area contributed by atoms with E-state index in [4.69, 9.17) is 0 Å². The van der Waals surface area contributed by atoms with Gasteiger partial charge in [-0.1, -0.05) is 19.1 Å². The van der Waals surface area contributed by atoms with E-state index in [1.54, 1.807) is 11.7 Å². The first-order valence-electron chi connectivity index (χ1n) is 10.1. The van der Waals surface area contributed by atoms with Crippen molar-refractivity contribution in [3.8, 4) is 5.88 Å². The Morgan fingerprint density at radius 2 is 2.03 bits per heavy atom. The van der Waals surface area contributed by atoms with Gasteiger partial charge in [0, 0.05) is 18.0 Å². The van der Waals surface area contributed by atoms with Crippen LogP contribution in [0.4, 0.5) is 5.69 Å². The molecule has 8 heteroatoms. The number of carbonyl (C=O) groups is 2. The number of amides is 2. The summed E-state index contributed by atoms with van der Waals surface area (Å²) in [4.78, 5) is 36.0. The number of aromatic hydroxyl groups is 1. The summed E-state index contributed by atoms with van der Waals surface area (Å²) in [6.07, 6.45) is 3.10. The van der Waals surface area contributed by atoms with Crippen LogP contribution < -0.4 is 5.32 Å². The number of fused-ring (bicyclic) bond motifs is 3.